The highest BCUT2D eigenvalue weighted by atomic mass is 16.4. The lowest BCUT2D eigenvalue weighted by Crippen LogP contribution is -2.24. The van der Waals surface area contributed by atoms with E-state index in [0.29, 0.717) is 13.0 Å². The Balaban J connectivity index is 3.27. The molecule has 0 saturated carbocycles. The molecule has 14 heavy (non-hydrogen) atoms. The Kier molecular flexibility index (Phi) is 6.74. The summed E-state index contributed by atoms with van der Waals surface area (Å²) in [4.78, 5) is 20.7. The fourth-order valence-corrected chi connectivity index (χ4v) is 1.12. The molecular formula is C9H18N2O3. The molecule has 0 aliphatic heterocycles. The van der Waals surface area contributed by atoms with Crippen molar-refractivity contribution in [2.75, 3.05) is 6.54 Å². The summed E-state index contributed by atoms with van der Waals surface area (Å²) in [6.07, 6.45) is 2.38. The molecule has 5 heteroatoms. The molecule has 0 aliphatic rings. The van der Waals surface area contributed by atoms with Gasteiger partial charge >= 0.3 is 5.97 Å². The van der Waals surface area contributed by atoms with Crippen molar-refractivity contribution in [3.63, 3.8) is 0 Å². The van der Waals surface area contributed by atoms with E-state index in [2.05, 4.69) is 5.32 Å². The number of carbonyl (C=O) groups is 2. The smallest absolute Gasteiger partial charge is 0.304 e. The molecule has 0 radical (unpaired) electrons. The summed E-state index contributed by atoms with van der Waals surface area (Å²) in [7, 11) is 0. The first kappa shape index (κ1) is 12.9. The molecule has 0 heterocycles. The van der Waals surface area contributed by atoms with Crippen molar-refractivity contribution in [1.29, 1.82) is 0 Å². The molecule has 4 N–H and O–H groups in total. The van der Waals surface area contributed by atoms with E-state index >= 15 is 0 Å². The van der Waals surface area contributed by atoms with Gasteiger partial charge in [0.25, 0.3) is 0 Å². The Bertz CT molecular complexity index is 194. The third kappa shape index (κ3) is 8.99. The average Bonchev–Trinajstić information content (AvgIpc) is 2.01. The highest BCUT2D eigenvalue weighted by Gasteiger charge is 2.06. The molecule has 0 saturated heterocycles. The van der Waals surface area contributed by atoms with Gasteiger partial charge in [0.15, 0.2) is 0 Å². The Morgan fingerprint density at radius 1 is 1.43 bits per heavy atom. The first-order valence-electron chi connectivity index (χ1n) is 4.74. The maximum atomic E-state index is 10.5. The van der Waals surface area contributed by atoms with Crippen molar-refractivity contribution >= 4 is 11.9 Å². The van der Waals surface area contributed by atoms with Crippen LogP contribution in [0.2, 0.25) is 0 Å². The number of amides is 1. The van der Waals surface area contributed by atoms with Crippen LogP contribution in [0.25, 0.3) is 0 Å². The SMILES string of the molecule is CC(=O)NCCCCC(N)CC(=O)O. The molecule has 0 bridgehead atoms. The number of carbonyl (C=O) groups excluding carboxylic acids is 1. The average molecular weight is 202 g/mol. The number of aliphatic carboxylic acids is 1. The topological polar surface area (TPSA) is 92.4 Å². The summed E-state index contributed by atoms with van der Waals surface area (Å²) in [6, 6.07) is -0.273. The Morgan fingerprint density at radius 3 is 2.57 bits per heavy atom. The van der Waals surface area contributed by atoms with Crippen molar-refractivity contribution in [2.45, 2.75) is 38.6 Å². The van der Waals surface area contributed by atoms with Gasteiger partial charge in [-0.05, 0) is 12.8 Å². The van der Waals surface area contributed by atoms with Crippen LogP contribution in [0.1, 0.15) is 32.6 Å². The van der Waals surface area contributed by atoms with Crippen LogP contribution in [0.15, 0.2) is 0 Å². The zero-order valence-corrected chi connectivity index (χ0v) is 8.45. The van der Waals surface area contributed by atoms with E-state index in [0.717, 1.165) is 12.8 Å². The van der Waals surface area contributed by atoms with Gasteiger partial charge in [0.05, 0.1) is 6.42 Å². The van der Waals surface area contributed by atoms with Crippen molar-refractivity contribution in [1.82, 2.24) is 5.32 Å². The van der Waals surface area contributed by atoms with E-state index in [1.54, 1.807) is 0 Å². The lowest BCUT2D eigenvalue weighted by Gasteiger charge is -2.08. The van der Waals surface area contributed by atoms with Crippen LogP contribution in [0.5, 0.6) is 0 Å². The van der Waals surface area contributed by atoms with Crippen molar-refractivity contribution in [3.05, 3.63) is 0 Å². The third-order valence-corrected chi connectivity index (χ3v) is 1.81. The number of hydrogen-bond acceptors (Lipinski definition) is 3. The van der Waals surface area contributed by atoms with Gasteiger partial charge in [-0.3, -0.25) is 9.59 Å². The second kappa shape index (κ2) is 7.32. The van der Waals surface area contributed by atoms with Crippen molar-refractivity contribution in [3.8, 4) is 0 Å². The van der Waals surface area contributed by atoms with Gasteiger partial charge in [0.2, 0.25) is 5.91 Å². The van der Waals surface area contributed by atoms with Crippen LogP contribution in [0, 0.1) is 0 Å². The summed E-state index contributed by atoms with van der Waals surface area (Å²) in [5.74, 6) is -0.904. The van der Waals surface area contributed by atoms with Gasteiger partial charge in [-0.25, -0.2) is 0 Å². The van der Waals surface area contributed by atoms with Crippen LogP contribution in [-0.2, 0) is 9.59 Å². The van der Waals surface area contributed by atoms with E-state index in [1.807, 2.05) is 0 Å². The summed E-state index contributed by atoms with van der Waals surface area (Å²) in [5, 5.41) is 11.1. The van der Waals surface area contributed by atoms with Gasteiger partial charge in [-0.15, -0.1) is 0 Å². The number of hydrogen-bond donors (Lipinski definition) is 3. The normalized spacial score (nSPS) is 12.1. The minimum atomic E-state index is -0.862. The molecule has 5 nitrogen and oxygen atoms in total. The molecule has 1 unspecified atom stereocenters. The number of rotatable bonds is 7. The molecule has 0 fully saturated rings. The predicted octanol–water partition coefficient (Wildman–Crippen LogP) is 0.0948. The van der Waals surface area contributed by atoms with Crippen molar-refractivity contribution < 1.29 is 14.7 Å². The van der Waals surface area contributed by atoms with E-state index < -0.39 is 5.97 Å². The molecule has 0 aromatic heterocycles. The number of nitrogens with two attached hydrogens (primary N) is 1. The molecule has 82 valence electrons. The zero-order valence-electron chi connectivity index (χ0n) is 8.45. The molecular weight excluding hydrogens is 184 g/mol. The van der Waals surface area contributed by atoms with Gasteiger partial charge in [0, 0.05) is 19.5 Å². The highest BCUT2D eigenvalue weighted by molar-refractivity contribution is 5.72. The van der Waals surface area contributed by atoms with Crippen LogP contribution < -0.4 is 11.1 Å². The van der Waals surface area contributed by atoms with Crippen molar-refractivity contribution in [2.24, 2.45) is 5.73 Å². The fraction of sp³-hybridized carbons (Fsp3) is 0.778. The first-order valence-corrected chi connectivity index (χ1v) is 4.74. The van der Waals surface area contributed by atoms with Crippen LogP contribution in [0.4, 0.5) is 0 Å². The maximum Gasteiger partial charge on any atom is 0.304 e. The lowest BCUT2D eigenvalue weighted by atomic mass is 10.1. The lowest BCUT2D eigenvalue weighted by molar-refractivity contribution is -0.137. The Hall–Kier alpha value is -1.10. The number of nitrogens with one attached hydrogen (secondary N) is 1. The van der Waals surface area contributed by atoms with Crippen LogP contribution in [-0.4, -0.2) is 29.6 Å². The molecule has 1 atom stereocenters. The minimum absolute atomic E-state index is 0.0140. The van der Waals surface area contributed by atoms with Crippen LogP contribution >= 0.6 is 0 Å². The van der Waals surface area contributed by atoms with Crippen LogP contribution in [0.3, 0.4) is 0 Å². The van der Waals surface area contributed by atoms with Gasteiger partial charge in [0.1, 0.15) is 0 Å². The van der Waals surface area contributed by atoms with Gasteiger partial charge in [-0.2, -0.15) is 0 Å². The Morgan fingerprint density at radius 2 is 2.07 bits per heavy atom. The molecule has 0 aromatic carbocycles. The van der Waals surface area contributed by atoms with E-state index in [4.69, 9.17) is 10.8 Å². The fourth-order valence-electron chi connectivity index (χ4n) is 1.12. The maximum absolute atomic E-state index is 10.5. The highest BCUT2D eigenvalue weighted by Crippen LogP contribution is 2.01. The van der Waals surface area contributed by atoms with E-state index in [-0.39, 0.29) is 18.4 Å². The molecule has 1 amide bonds. The Labute approximate surface area is 83.7 Å². The number of carboxylic acids is 1. The summed E-state index contributed by atoms with van der Waals surface area (Å²) < 4.78 is 0. The molecule has 0 spiro atoms. The monoisotopic (exact) mass is 202 g/mol. The molecule has 0 aliphatic carbocycles. The second-order valence-electron chi connectivity index (χ2n) is 3.34. The second-order valence-corrected chi connectivity index (χ2v) is 3.34. The van der Waals surface area contributed by atoms with E-state index in [9.17, 15) is 9.59 Å². The zero-order chi connectivity index (χ0) is 11.0. The van der Waals surface area contributed by atoms with Gasteiger partial charge < -0.3 is 16.2 Å². The molecule has 0 rings (SSSR count). The minimum Gasteiger partial charge on any atom is -0.481 e. The standard InChI is InChI=1S/C9H18N2O3/c1-7(12)11-5-3-2-4-8(10)6-9(13)14/h8H,2-6,10H2,1H3,(H,11,12)(H,13,14). The summed E-state index contributed by atoms with van der Waals surface area (Å²) in [5.41, 5.74) is 5.55. The third-order valence-electron chi connectivity index (χ3n) is 1.81. The number of unbranched alkanes of at least 4 members (excludes halogenated alkanes) is 1. The van der Waals surface area contributed by atoms with E-state index in [1.165, 1.54) is 6.92 Å². The molecule has 0 aromatic rings. The largest absolute Gasteiger partial charge is 0.481 e. The first-order chi connectivity index (χ1) is 6.52. The summed E-state index contributed by atoms with van der Waals surface area (Å²) in [6.45, 7) is 2.10. The quantitative estimate of drug-likeness (QED) is 0.510. The number of carboxylic acid groups (broad SMARTS) is 1. The van der Waals surface area contributed by atoms with Gasteiger partial charge in [-0.1, -0.05) is 6.42 Å². The summed E-state index contributed by atoms with van der Waals surface area (Å²) >= 11 is 0. The predicted molar refractivity (Wildman–Crippen MR) is 52.8 cm³/mol.